The van der Waals surface area contributed by atoms with Crippen LogP contribution in [-0.4, -0.2) is 19.6 Å². The average Bonchev–Trinajstić information content (AvgIpc) is 2.25. The minimum Gasteiger partial charge on any atom is -0.298 e. The number of hydrogen-bond acceptors (Lipinski definition) is 6. The Morgan fingerprint density at radius 2 is 2.06 bits per heavy atom. The van der Waals surface area contributed by atoms with E-state index in [1.54, 1.807) is 0 Å². The van der Waals surface area contributed by atoms with Crippen LogP contribution in [-0.2, 0) is 9.05 Å². The number of aldehydes is 1. The van der Waals surface area contributed by atoms with Gasteiger partial charge in [-0.25, -0.2) is 8.42 Å². The highest BCUT2D eigenvalue weighted by atomic mass is 35.7. The number of rotatable bonds is 3. The third-order valence-electron chi connectivity index (χ3n) is 1.83. The highest BCUT2D eigenvalue weighted by molar-refractivity contribution is 8.13. The maximum absolute atomic E-state index is 11.1. The van der Waals surface area contributed by atoms with E-state index in [2.05, 4.69) is 0 Å². The summed E-state index contributed by atoms with van der Waals surface area (Å²) in [7, 11) is 0.723. The van der Waals surface area contributed by atoms with E-state index in [4.69, 9.17) is 15.9 Å². The molecule has 1 aromatic rings. The molecule has 0 aliphatic carbocycles. The van der Waals surface area contributed by atoms with Crippen molar-refractivity contribution in [3.05, 3.63) is 33.4 Å². The summed E-state index contributed by atoms with van der Waals surface area (Å²) in [6, 6.07) is 2.89. The summed E-state index contributed by atoms with van der Waals surface area (Å²) in [5.41, 5.74) is -1.54. The van der Waals surface area contributed by atoms with E-state index in [9.17, 15) is 23.3 Å². The molecular formula is C8H3ClN2O5S. The van der Waals surface area contributed by atoms with Crippen molar-refractivity contribution in [2.75, 3.05) is 0 Å². The van der Waals surface area contributed by atoms with E-state index in [-0.39, 0.29) is 6.29 Å². The van der Waals surface area contributed by atoms with Gasteiger partial charge in [0.1, 0.15) is 11.6 Å². The molecule has 17 heavy (non-hydrogen) atoms. The first-order valence-electron chi connectivity index (χ1n) is 3.93. The molecule has 0 N–H and O–H groups in total. The lowest BCUT2D eigenvalue weighted by atomic mass is 10.1. The SMILES string of the molecule is N#Cc1cc(C=O)c(S(=O)(=O)Cl)cc1[N+](=O)[O-]. The molecule has 0 heterocycles. The van der Waals surface area contributed by atoms with Crippen LogP contribution < -0.4 is 0 Å². The maximum Gasteiger partial charge on any atom is 0.288 e. The quantitative estimate of drug-likeness (QED) is 0.354. The Morgan fingerprint density at radius 1 is 1.47 bits per heavy atom. The molecule has 0 atom stereocenters. The van der Waals surface area contributed by atoms with Gasteiger partial charge >= 0.3 is 0 Å². The summed E-state index contributed by atoms with van der Waals surface area (Å²) in [4.78, 5) is 19.6. The number of benzene rings is 1. The topological polar surface area (TPSA) is 118 Å². The molecule has 0 fully saturated rings. The zero-order chi connectivity index (χ0) is 13.2. The standard InChI is InChI=1S/C8H3ClN2O5S/c9-17(15,16)8-2-7(11(13)14)5(3-10)1-6(8)4-12/h1-2,4H. The van der Waals surface area contributed by atoms with Crippen LogP contribution in [0.1, 0.15) is 15.9 Å². The van der Waals surface area contributed by atoms with Crippen molar-refractivity contribution in [1.29, 1.82) is 5.26 Å². The van der Waals surface area contributed by atoms with Gasteiger partial charge in [-0.15, -0.1) is 0 Å². The van der Waals surface area contributed by atoms with Gasteiger partial charge in [-0.05, 0) is 6.07 Å². The van der Waals surface area contributed by atoms with E-state index in [1.165, 1.54) is 6.07 Å². The number of halogens is 1. The number of carbonyl (C=O) groups excluding carboxylic acids is 1. The van der Waals surface area contributed by atoms with Crippen LogP contribution in [0.3, 0.4) is 0 Å². The minimum atomic E-state index is -4.30. The van der Waals surface area contributed by atoms with Crippen molar-refractivity contribution < 1.29 is 18.1 Å². The first kappa shape index (κ1) is 13.1. The molecule has 88 valence electrons. The van der Waals surface area contributed by atoms with Crippen LogP contribution in [0.15, 0.2) is 17.0 Å². The number of hydrogen-bond donors (Lipinski definition) is 0. The number of carbonyl (C=O) groups is 1. The van der Waals surface area contributed by atoms with Crippen LogP contribution >= 0.6 is 10.7 Å². The van der Waals surface area contributed by atoms with E-state index < -0.39 is 35.7 Å². The summed E-state index contributed by atoms with van der Waals surface area (Å²) in [6.07, 6.45) is 0.153. The molecule has 1 aromatic carbocycles. The number of nitro benzene ring substituents is 1. The Morgan fingerprint density at radius 3 is 2.41 bits per heavy atom. The normalized spacial score (nSPS) is 10.6. The van der Waals surface area contributed by atoms with Crippen molar-refractivity contribution in [2.45, 2.75) is 4.90 Å². The van der Waals surface area contributed by atoms with E-state index in [0.29, 0.717) is 6.07 Å². The summed E-state index contributed by atoms with van der Waals surface area (Å²) in [5.74, 6) is 0. The van der Waals surface area contributed by atoms with E-state index in [0.717, 1.165) is 6.07 Å². The van der Waals surface area contributed by atoms with Crippen molar-refractivity contribution in [3.8, 4) is 6.07 Å². The second kappa shape index (κ2) is 4.48. The molecule has 7 nitrogen and oxygen atoms in total. The molecule has 0 aromatic heterocycles. The summed E-state index contributed by atoms with van der Waals surface area (Å²) in [6.45, 7) is 0. The summed E-state index contributed by atoms with van der Waals surface area (Å²) in [5, 5.41) is 19.2. The van der Waals surface area contributed by atoms with Crippen molar-refractivity contribution in [3.63, 3.8) is 0 Å². The molecular weight excluding hydrogens is 272 g/mol. The molecule has 0 bridgehead atoms. The van der Waals surface area contributed by atoms with Crippen molar-refractivity contribution in [1.82, 2.24) is 0 Å². The Balaban J connectivity index is 3.76. The Hall–Kier alpha value is -1.98. The third-order valence-corrected chi connectivity index (χ3v) is 3.21. The van der Waals surface area contributed by atoms with Crippen LogP contribution in [0, 0.1) is 21.4 Å². The molecule has 0 spiro atoms. The lowest BCUT2D eigenvalue weighted by Gasteiger charge is -2.02. The maximum atomic E-state index is 11.1. The monoisotopic (exact) mass is 274 g/mol. The van der Waals surface area contributed by atoms with E-state index in [1.807, 2.05) is 0 Å². The zero-order valence-corrected chi connectivity index (χ0v) is 9.53. The van der Waals surface area contributed by atoms with Gasteiger partial charge in [-0.3, -0.25) is 14.9 Å². The lowest BCUT2D eigenvalue weighted by Crippen LogP contribution is -2.02. The Labute approximate surface area is 99.8 Å². The molecule has 9 heteroatoms. The largest absolute Gasteiger partial charge is 0.298 e. The highest BCUT2D eigenvalue weighted by Gasteiger charge is 2.24. The molecule has 0 unspecified atom stereocenters. The van der Waals surface area contributed by atoms with Crippen LogP contribution in [0.2, 0.25) is 0 Å². The Bertz CT molecular complexity index is 647. The fraction of sp³-hybridized carbons (Fsp3) is 0. The second-order valence-corrected chi connectivity index (χ2v) is 5.37. The van der Waals surface area contributed by atoms with Gasteiger partial charge in [-0.1, -0.05) is 0 Å². The van der Waals surface area contributed by atoms with Gasteiger partial charge in [0, 0.05) is 22.3 Å². The van der Waals surface area contributed by atoms with Crippen LogP contribution in [0.25, 0.3) is 0 Å². The number of nitriles is 1. The van der Waals surface area contributed by atoms with Crippen LogP contribution in [0.5, 0.6) is 0 Å². The van der Waals surface area contributed by atoms with Crippen molar-refractivity contribution >= 4 is 31.7 Å². The molecule has 0 saturated heterocycles. The molecule has 0 radical (unpaired) electrons. The fourth-order valence-electron chi connectivity index (χ4n) is 1.13. The van der Waals surface area contributed by atoms with E-state index >= 15 is 0 Å². The number of nitrogens with zero attached hydrogens (tertiary/aromatic N) is 2. The second-order valence-electron chi connectivity index (χ2n) is 2.83. The van der Waals surface area contributed by atoms with Gasteiger partial charge in [0.05, 0.1) is 9.82 Å². The molecule has 0 amide bonds. The van der Waals surface area contributed by atoms with Crippen molar-refractivity contribution in [2.24, 2.45) is 0 Å². The predicted molar refractivity (Wildman–Crippen MR) is 56.2 cm³/mol. The lowest BCUT2D eigenvalue weighted by molar-refractivity contribution is -0.385. The molecule has 1 rings (SSSR count). The minimum absolute atomic E-state index is 0.153. The molecule has 0 aliphatic rings. The van der Waals surface area contributed by atoms with Gasteiger partial charge in [0.2, 0.25) is 0 Å². The fourth-order valence-corrected chi connectivity index (χ4v) is 2.17. The zero-order valence-electron chi connectivity index (χ0n) is 7.95. The summed E-state index contributed by atoms with van der Waals surface area (Å²) < 4.78 is 22.2. The highest BCUT2D eigenvalue weighted by Crippen LogP contribution is 2.27. The Kier molecular flexibility index (Phi) is 3.45. The first-order valence-corrected chi connectivity index (χ1v) is 6.24. The molecule has 0 aliphatic heterocycles. The average molecular weight is 275 g/mol. The summed E-state index contributed by atoms with van der Waals surface area (Å²) >= 11 is 0. The number of nitro groups is 1. The third kappa shape index (κ3) is 2.58. The van der Waals surface area contributed by atoms with Gasteiger partial charge in [-0.2, -0.15) is 5.26 Å². The van der Waals surface area contributed by atoms with Gasteiger partial charge in [0.25, 0.3) is 14.7 Å². The predicted octanol–water partition coefficient (Wildman–Crippen LogP) is 1.21. The smallest absolute Gasteiger partial charge is 0.288 e. The molecule has 0 saturated carbocycles. The first-order chi connectivity index (χ1) is 7.81. The van der Waals surface area contributed by atoms with Gasteiger partial charge < -0.3 is 0 Å². The van der Waals surface area contributed by atoms with Gasteiger partial charge in [0.15, 0.2) is 6.29 Å². The van der Waals surface area contributed by atoms with Crippen LogP contribution in [0.4, 0.5) is 5.69 Å².